The quantitative estimate of drug-likeness (QED) is 0.108. The number of aliphatic carboxylic acids is 1. The molecule has 6 N–H and O–H groups in total. The molecule has 0 radical (unpaired) electrons. The van der Waals surface area contributed by atoms with Crippen molar-refractivity contribution in [3.8, 4) is 0 Å². The molecule has 18 heteroatoms. The average Bonchev–Trinajstić information content (AvgIpc) is 3.16. The normalized spacial score (nSPS) is 20.1. The molecule has 3 heterocycles. The number of thiophene rings is 1. The van der Waals surface area contributed by atoms with Gasteiger partial charge in [0.15, 0.2) is 5.92 Å². The Bertz CT molecular complexity index is 989. The number of fused-ring (bicyclic) bond motifs is 1. The van der Waals surface area contributed by atoms with Gasteiger partial charge in [-0.1, -0.05) is 0 Å². The van der Waals surface area contributed by atoms with Gasteiger partial charge in [0.2, 0.25) is 5.91 Å². The van der Waals surface area contributed by atoms with Crippen LogP contribution in [0.2, 0.25) is 0 Å². The number of hydrogen-bond donors (Lipinski definition) is 5. The van der Waals surface area contributed by atoms with Gasteiger partial charge in [-0.05, 0) is 22.4 Å². The van der Waals surface area contributed by atoms with Crippen LogP contribution in [0.3, 0.4) is 0 Å². The third-order valence-corrected chi connectivity index (χ3v) is 7.49. The molecular formula is C15H19N3Na3O9PS2. The first-order valence-electron chi connectivity index (χ1n) is 8.22. The number of rotatable bonds is 7. The van der Waals surface area contributed by atoms with Crippen molar-refractivity contribution in [2.24, 2.45) is 5.73 Å². The Morgan fingerprint density at radius 3 is 2.42 bits per heavy atom. The van der Waals surface area contributed by atoms with Gasteiger partial charge in [-0.3, -0.25) is 23.8 Å². The molecule has 33 heavy (non-hydrogen) atoms. The van der Waals surface area contributed by atoms with Crippen LogP contribution in [-0.2, 0) is 23.7 Å². The number of amides is 3. The van der Waals surface area contributed by atoms with Crippen molar-refractivity contribution in [1.29, 1.82) is 0 Å². The molecule has 1 unspecified atom stereocenters. The Labute approximate surface area is 262 Å². The monoisotopic (exact) mass is 549 g/mol. The van der Waals surface area contributed by atoms with Crippen molar-refractivity contribution in [3.63, 3.8) is 0 Å². The predicted octanol–water partition coefficient (Wildman–Crippen LogP) is -2.14. The van der Waals surface area contributed by atoms with E-state index in [2.05, 4.69) is 10.1 Å². The van der Waals surface area contributed by atoms with Crippen molar-refractivity contribution in [2.45, 2.75) is 17.3 Å². The number of carboxylic acid groups (broad SMARTS) is 1. The van der Waals surface area contributed by atoms with E-state index < -0.39 is 60.9 Å². The van der Waals surface area contributed by atoms with E-state index in [0.717, 1.165) is 16.7 Å². The molecule has 1 aromatic rings. The van der Waals surface area contributed by atoms with Crippen LogP contribution in [0.25, 0.3) is 0 Å². The summed E-state index contributed by atoms with van der Waals surface area (Å²) in [5.74, 6) is -4.65. The maximum absolute atomic E-state index is 12.6. The number of β-lactam (4-membered cyclic amide) rings is 1. The van der Waals surface area contributed by atoms with E-state index in [1.165, 1.54) is 22.8 Å². The first kappa shape index (κ1) is 33.6. The van der Waals surface area contributed by atoms with Gasteiger partial charge in [-0.25, -0.2) is 4.79 Å². The number of ether oxygens (including phenoxy) is 1. The number of thioether (sulfide) groups is 1. The molecular weight excluding hydrogens is 530 g/mol. The summed E-state index contributed by atoms with van der Waals surface area (Å²) in [5, 5.41) is 14.0. The molecule has 168 valence electrons. The molecule has 1 aromatic heterocycles. The van der Waals surface area contributed by atoms with Crippen molar-refractivity contribution in [1.82, 2.24) is 10.2 Å². The Kier molecular flexibility index (Phi) is 14.1. The number of nitrogens with zero attached hydrogens (tertiary/aromatic N) is 1. The fourth-order valence-electron chi connectivity index (χ4n) is 3.11. The van der Waals surface area contributed by atoms with Crippen molar-refractivity contribution < 1.29 is 43.4 Å². The van der Waals surface area contributed by atoms with E-state index in [0.29, 0.717) is 0 Å². The number of primary amides is 1. The topological polar surface area (TPSA) is 197 Å². The fourth-order valence-corrected chi connectivity index (χ4v) is 6.36. The zero-order valence-electron chi connectivity index (χ0n) is 15.0. The van der Waals surface area contributed by atoms with E-state index in [4.69, 9.17) is 5.73 Å². The van der Waals surface area contributed by atoms with Crippen LogP contribution in [-0.4, -0.2) is 156 Å². The summed E-state index contributed by atoms with van der Waals surface area (Å²) in [6.07, 6.45) is -1.15. The zero-order chi connectivity index (χ0) is 22.2. The number of carbonyl (C=O) groups excluding carboxylic acids is 3. The van der Waals surface area contributed by atoms with Gasteiger partial charge in [0.1, 0.15) is 23.5 Å². The summed E-state index contributed by atoms with van der Waals surface area (Å²) in [6.45, 7) is -0.504. The van der Waals surface area contributed by atoms with E-state index in [-0.39, 0.29) is 106 Å². The molecule has 3 atom stereocenters. The fraction of sp³-hybridized carbons (Fsp3) is 0.333. The van der Waals surface area contributed by atoms with Crippen LogP contribution in [0.5, 0.6) is 0 Å². The van der Waals surface area contributed by atoms with Gasteiger partial charge < -0.3 is 30.7 Å². The molecule has 0 aliphatic carbocycles. The van der Waals surface area contributed by atoms with Gasteiger partial charge in [0, 0.05) is 11.3 Å². The van der Waals surface area contributed by atoms with E-state index >= 15 is 0 Å². The van der Waals surface area contributed by atoms with Crippen LogP contribution in [0, 0.1) is 0 Å². The van der Waals surface area contributed by atoms with E-state index in [1.54, 1.807) is 5.38 Å². The number of carboxylic acids is 1. The van der Waals surface area contributed by atoms with Crippen LogP contribution >= 0.6 is 30.7 Å². The third kappa shape index (κ3) is 7.56. The van der Waals surface area contributed by atoms with E-state index in [1.807, 2.05) is 0 Å². The number of nitrogens with two attached hydrogens (primary N) is 1. The van der Waals surface area contributed by atoms with Gasteiger partial charge >= 0.3 is 108 Å². The minimum atomic E-state index is -4.94. The molecule has 12 nitrogen and oxygen atoms in total. The second-order valence-corrected chi connectivity index (χ2v) is 9.70. The third-order valence-electron chi connectivity index (χ3n) is 4.36. The van der Waals surface area contributed by atoms with Gasteiger partial charge in [0.25, 0.3) is 5.91 Å². The van der Waals surface area contributed by atoms with Crippen molar-refractivity contribution in [3.05, 3.63) is 33.4 Å². The van der Waals surface area contributed by atoms with E-state index in [9.17, 15) is 38.6 Å². The molecule has 1 fully saturated rings. The minimum absolute atomic E-state index is 0. The van der Waals surface area contributed by atoms with Crippen LogP contribution < -0.4 is 11.1 Å². The summed E-state index contributed by atoms with van der Waals surface area (Å²) in [5.41, 5.74) is 4.55. The molecule has 2 aliphatic heterocycles. The molecule has 0 aromatic carbocycles. The molecule has 0 spiro atoms. The standard InChI is InChI=1S/C15H16N3O9PS2.3Na.3H/c16-15(23)27-3-7-5-30-13-9(11(20)18(13)12(7)28(24,25)26)17-10(19)8(14(21)22)6-1-2-29-4-6;;;;;;/h1-2,4,8-9,13H,3,5H2,(H2,16,23)(H,17,19)(H,21,22)(H2,24,25,26);;;;;;/t8?,9-,13-;;;;;;/m1....../s1. The maximum atomic E-state index is 12.6. The van der Waals surface area contributed by atoms with Gasteiger partial charge in [0.05, 0.1) is 0 Å². The molecule has 1 saturated heterocycles. The molecule has 3 rings (SSSR count). The summed E-state index contributed by atoms with van der Waals surface area (Å²) in [7, 11) is -4.94. The Hall–Kier alpha value is 0.620. The first-order valence-corrected chi connectivity index (χ1v) is 11.8. The Morgan fingerprint density at radius 1 is 1.30 bits per heavy atom. The second kappa shape index (κ2) is 13.8. The first-order chi connectivity index (χ1) is 14.0. The van der Waals surface area contributed by atoms with Crippen molar-refractivity contribution >= 4 is 143 Å². The molecule has 3 amide bonds. The molecule has 2 aliphatic rings. The number of carbonyl (C=O) groups is 4. The van der Waals surface area contributed by atoms with Gasteiger partial charge in [-0.15, -0.1) is 11.8 Å². The second-order valence-electron chi connectivity index (χ2n) is 6.30. The predicted molar refractivity (Wildman–Crippen MR) is 126 cm³/mol. The van der Waals surface area contributed by atoms with Crippen LogP contribution in [0.4, 0.5) is 4.79 Å². The van der Waals surface area contributed by atoms with Crippen molar-refractivity contribution in [2.75, 3.05) is 12.4 Å². The van der Waals surface area contributed by atoms with Crippen LogP contribution in [0.15, 0.2) is 27.8 Å². The zero-order valence-corrected chi connectivity index (χ0v) is 17.5. The summed E-state index contributed by atoms with van der Waals surface area (Å²) >= 11 is 2.29. The number of hydrogen-bond acceptors (Lipinski definition) is 8. The SMILES string of the molecule is NC(=O)OCC1=C(P(=O)(O)O)N2C(=O)[C@@H](NC(=O)C(C(=O)O)c3ccsc3)[C@H]2SC1.[NaH].[NaH].[NaH]. The summed E-state index contributed by atoms with van der Waals surface area (Å²) in [4.78, 5) is 67.7. The Balaban J connectivity index is 0.00000341. The number of nitrogens with one attached hydrogen (secondary N) is 1. The Morgan fingerprint density at radius 2 is 1.94 bits per heavy atom. The van der Waals surface area contributed by atoms with Gasteiger partial charge in [-0.2, -0.15) is 11.3 Å². The molecule has 0 bridgehead atoms. The summed E-state index contributed by atoms with van der Waals surface area (Å²) in [6, 6.07) is 0.315. The summed E-state index contributed by atoms with van der Waals surface area (Å²) < 4.78 is 16.5. The average molecular weight is 549 g/mol. The van der Waals surface area contributed by atoms with Crippen LogP contribution in [0.1, 0.15) is 11.5 Å². The molecule has 0 saturated carbocycles.